The number of carbonyl (C=O) groups excluding carboxylic acids is 1. The van der Waals surface area contributed by atoms with E-state index in [0.29, 0.717) is 23.9 Å². The van der Waals surface area contributed by atoms with Gasteiger partial charge in [0.1, 0.15) is 0 Å². The van der Waals surface area contributed by atoms with Gasteiger partial charge in [0.25, 0.3) is 1.43 Å². The number of esters is 1. The predicted octanol–water partition coefficient (Wildman–Crippen LogP) is 3.18. The highest BCUT2D eigenvalue weighted by molar-refractivity contribution is 5.79. The van der Waals surface area contributed by atoms with E-state index in [1.54, 1.807) is 12.1 Å². The quantitative estimate of drug-likeness (QED) is 0.789. The van der Waals surface area contributed by atoms with E-state index in [0.717, 1.165) is 22.4 Å². The average Bonchev–Trinajstić information content (AvgIpc) is 3.38. The van der Waals surface area contributed by atoms with Crippen LogP contribution in [0.15, 0.2) is 24.3 Å². The smallest absolute Gasteiger partial charge is 0.310 e. The number of carbonyl (C=O) groups is 1. The normalized spacial score (nSPS) is 26.9. The lowest BCUT2D eigenvalue weighted by Crippen LogP contribution is -2.33. The number of fused-ring (bicyclic) bond motifs is 3. The molecule has 2 aromatic rings. The summed E-state index contributed by atoms with van der Waals surface area (Å²) in [7, 11) is 3.01. The van der Waals surface area contributed by atoms with Gasteiger partial charge in [0.15, 0.2) is 23.0 Å². The fraction of sp³-hybridized carbons (Fsp3) is 0.409. The predicted molar refractivity (Wildman–Crippen MR) is 102 cm³/mol. The van der Waals surface area contributed by atoms with Crippen LogP contribution in [0.3, 0.4) is 0 Å². The van der Waals surface area contributed by atoms with E-state index in [1.807, 2.05) is 12.1 Å². The highest BCUT2D eigenvalue weighted by atomic mass is 16.7. The summed E-state index contributed by atoms with van der Waals surface area (Å²) >= 11 is 0. The van der Waals surface area contributed by atoms with Gasteiger partial charge in [-0.05, 0) is 46.9 Å². The van der Waals surface area contributed by atoms with Gasteiger partial charge in [-0.3, -0.25) is 4.79 Å². The zero-order valence-corrected chi connectivity index (χ0v) is 16.4. The van der Waals surface area contributed by atoms with Crippen LogP contribution >= 0.6 is 0 Å². The van der Waals surface area contributed by atoms with Crippen LogP contribution in [0.5, 0.6) is 28.7 Å². The second-order valence-electron chi connectivity index (χ2n) is 7.67. The summed E-state index contributed by atoms with van der Waals surface area (Å²) in [6, 6.07) is 7.58. The third kappa shape index (κ3) is 2.53. The molecule has 3 aliphatic rings. The third-order valence-corrected chi connectivity index (χ3v) is 6.40. The van der Waals surface area contributed by atoms with Crippen molar-refractivity contribution in [3.8, 4) is 28.7 Å². The molecule has 0 spiro atoms. The highest BCUT2D eigenvalue weighted by Crippen LogP contribution is 2.55. The van der Waals surface area contributed by atoms with Crippen molar-refractivity contribution in [2.24, 2.45) is 11.8 Å². The van der Waals surface area contributed by atoms with Crippen LogP contribution < -0.4 is 18.9 Å². The summed E-state index contributed by atoms with van der Waals surface area (Å²) in [5, 5.41) is 4.73. The average molecular weight is 400 g/mol. The Labute approximate surface area is 169 Å². The Bertz CT molecular complexity index is 996. The molecule has 0 aromatic heterocycles. The van der Waals surface area contributed by atoms with Crippen molar-refractivity contribution in [1.29, 1.82) is 1.43 Å². The molecule has 29 heavy (non-hydrogen) atoms. The molecule has 1 aliphatic carbocycles. The zero-order chi connectivity index (χ0) is 21.0. The lowest BCUT2D eigenvalue weighted by Gasteiger charge is -2.37. The van der Waals surface area contributed by atoms with E-state index in [1.165, 1.54) is 14.2 Å². The number of hydrogen-bond acceptors (Lipinski definition) is 7. The van der Waals surface area contributed by atoms with Gasteiger partial charge >= 0.3 is 5.97 Å². The molecule has 152 valence electrons. The topological polar surface area (TPSA) is 83.5 Å². The van der Waals surface area contributed by atoms with E-state index in [2.05, 4.69) is 6.92 Å². The van der Waals surface area contributed by atoms with Crippen LogP contribution in [0.1, 0.15) is 35.4 Å². The maximum atomic E-state index is 12.8. The van der Waals surface area contributed by atoms with Gasteiger partial charge in [0.05, 0.1) is 26.7 Å². The molecule has 1 saturated heterocycles. The van der Waals surface area contributed by atoms with E-state index in [9.17, 15) is 4.79 Å². The summed E-state index contributed by atoms with van der Waals surface area (Å²) in [6.07, 6.45) is 0. The molecule has 1 fully saturated rings. The summed E-state index contributed by atoms with van der Waals surface area (Å²) < 4.78 is 35.0. The first-order chi connectivity index (χ1) is 14.6. The van der Waals surface area contributed by atoms with Crippen molar-refractivity contribution >= 4 is 5.97 Å². The Morgan fingerprint density at radius 3 is 2.31 bits per heavy atom. The minimum atomic E-state index is -0.343. The molecular weight excluding hydrogens is 376 g/mol. The molecule has 7 heteroatoms. The summed E-state index contributed by atoms with van der Waals surface area (Å²) in [6.45, 7) is 2.69. The second-order valence-corrected chi connectivity index (χ2v) is 7.67. The van der Waals surface area contributed by atoms with Crippen LogP contribution in [-0.2, 0) is 9.53 Å². The second kappa shape index (κ2) is 6.47. The Morgan fingerprint density at radius 2 is 1.69 bits per heavy atom. The highest BCUT2D eigenvalue weighted by Gasteiger charge is 2.51. The zero-order valence-electron chi connectivity index (χ0n) is 17.4. The maximum Gasteiger partial charge on any atom is 0.310 e. The van der Waals surface area contributed by atoms with Crippen LogP contribution in [0.2, 0.25) is 0 Å². The van der Waals surface area contributed by atoms with Crippen molar-refractivity contribution < 1.29 is 33.6 Å². The van der Waals surface area contributed by atoms with Crippen LogP contribution in [0.4, 0.5) is 0 Å². The molecule has 0 bridgehead atoms. The molecule has 2 heterocycles. The Morgan fingerprint density at radius 1 is 1.03 bits per heavy atom. The molecule has 1 N–H and O–H groups in total. The summed E-state index contributed by atoms with van der Waals surface area (Å²) in [5.41, 5.74) is 2.93. The van der Waals surface area contributed by atoms with Crippen LogP contribution in [-0.4, -0.2) is 40.1 Å². The van der Waals surface area contributed by atoms with Crippen molar-refractivity contribution in [2.45, 2.75) is 18.8 Å². The summed E-state index contributed by atoms with van der Waals surface area (Å²) in [4.78, 5) is 12.8. The van der Waals surface area contributed by atoms with Crippen molar-refractivity contribution in [3.63, 3.8) is 0 Å². The molecule has 0 radical (unpaired) electrons. The van der Waals surface area contributed by atoms with Gasteiger partial charge in [0.2, 0.25) is 12.5 Å². The van der Waals surface area contributed by atoms with Gasteiger partial charge in [-0.2, -0.15) is 0 Å². The first-order valence-electron chi connectivity index (χ1n) is 9.97. The van der Waals surface area contributed by atoms with Crippen molar-refractivity contribution in [2.75, 3.05) is 27.6 Å². The minimum Gasteiger partial charge on any atom is -0.502 e. The number of rotatable bonds is 4. The molecule has 2 aromatic carbocycles. The van der Waals surface area contributed by atoms with E-state index >= 15 is 0 Å². The lowest BCUT2D eigenvalue weighted by atomic mass is 9.63. The van der Waals surface area contributed by atoms with E-state index < -0.39 is 0 Å². The Balaban J connectivity index is 1.74. The van der Waals surface area contributed by atoms with Gasteiger partial charge in [0, 0.05) is 11.8 Å². The number of phenolic OH excluding ortho intramolecular Hbond substituents is 1. The molecule has 5 rings (SSSR count). The van der Waals surface area contributed by atoms with Gasteiger partial charge in [-0.25, -0.2) is 0 Å². The number of benzene rings is 2. The molecule has 7 nitrogen and oxygen atoms in total. The summed E-state index contributed by atoms with van der Waals surface area (Å²) in [5.74, 6) is 1.63. The van der Waals surface area contributed by atoms with E-state index in [-0.39, 0.29) is 42.2 Å². The maximum absolute atomic E-state index is 12.8. The van der Waals surface area contributed by atoms with Gasteiger partial charge in [-0.15, -0.1) is 0 Å². The fourth-order valence-corrected chi connectivity index (χ4v) is 4.92. The van der Waals surface area contributed by atoms with Crippen LogP contribution in [0, 0.1) is 11.8 Å². The van der Waals surface area contributed by atoms with Gasteiger partial charge in [-0.1, -0.05) is 6.92 Å². The van der Waals surface area contributed by atoms with Gasteiger partial charge < -0.3 is 28.8 Å². The fourth-order valence-electron chi connectivity index (χ4n) is 4.92. The number of cyclic esters (lactones) is 1. The van der Waals surface area contributed by atoms with Crippen molar-refractivity contribution in [3.05, 3.63) is 41.0 Å². The molecule has 0 saturated carbocycles. The monoisotopic (exact) mass is 400 g/mol. The lowest BCUT2D eigenvalue weighted by molar-refractivity contribution is -0.141. The molecule has 2 aliphatic heterocycles. The Hall–Kier alpha value is -3.09. The largest absolute Gasteiger partial charge is 0.502 e. The number of aromatic hydroxyl groups is 1. The number of methoxy groups -OCH3 is 2. The molecule has 4 atom stereocenters. The number of ether oxygens (including phenoxy) is 5. The SMILES string of the molecule is [3H]Oc1c(OC)cc(C2c3cc4c(cc3C(C)C3COC(=O)C23)OCO4)cc1OC. The minimum absolute atomic E-state index is 0.0412. The Kier molecular flexibility index (Phi) is 3.76. The third-order valence-electron chi connectivity index (χ3n) is 6.40. The standard InChI is InChI=1S/C22H22O7/c1-10-12-6-15-16(29-9-28-15)7-13(12)19(20-14(10)8-27-22(20)24)11-4-17(25-2)21(23)18(5-11)26-3/h4-7,10,14,19-20,23H,8-9H2,1-3H3/i/hT. The molecular formula is C22H22O7. The molecule has 4 unspecified atom stereocenters. The van der Waals surface area contributed by atoms with Crippen LogP contribution in [0.25, 0.3) is 0 Å². The number of phenols is 1. The first-order valence-corrected chi connectivity index (χ1v) is 9.56. The van der Waals surface area contributed by atoms with E-state index in [4.69, 9.17) is 30.2 Å². The first kappa shape index (κ1) is 16.8. The van der Waals surface area contributed by atoms with Crippen molar-refractivity contribution in [1.82, 2.24) is 0 Å². The molecule has 0 amide bonds. The number of hydrogen-bond donors (Lipinski definition) is 1.